The summed E-state index contributed by atoms with van der Waals surface area (Å²) in [6.07, 6.45) is 0. The van der Waals surface area contributed by atoms with E-state index in [4.69, 9.17) is 11.6 Å². The molecule has 25 heavy (non-hydrogen) atoms. The number of benzene rings is 2. The molecule has 3 rings (SSSR count). The largest absolute Gasteiger partial charge is 0.434 e. The molecule has 0 aliphatic carbocycles. The van der Waals surface area contributed by atoms with E-state index in [0.717, 1.165) is 10.2 Å². The Kier molecular flexibility index (Phi) is 5.15. The van der Waals surface area contributed by atoms with Crippen molar-refractivity contribution < 1.29 is 18.3 Å². The molecule has 0 radical (unpaired) electrons. The van der Waals surface area contributed by atoms with Crippen LogP contribution in [-0.2, 0) is 0 Å². The third-order valence-corrected chi connectivity index (χ3v) is 4.62. The molecule has 8 heteroatoms. The third-order valence-electron chi connectivity index (χ3n) is 3.60. The number of nitrogens with one attached hydrogen (secondary N) is 1. The lowest BCUT2D eigenvalue weighted by atomic mass is 10.1. The average Bonchev–Trinajstić information content (AvgIpc) is 3.03. The molecular formula is C17H13ClF2N2O2S. The summed E-state index contributed by atoms with van der Waals surface area (Å²) in [4.78, 5) is 16.6. The summed E-state index contributed by atoms with van der Waals surface area (Å²) in [5, 5.41) is 3.14. The first-order valence-corrected chi connectivity index (χ1v) is 8.58. The molecule has 2 aromatic carbocycles. The second-order valence-corrected chi connectivity index (χ2v) is 6.61. The molecule has 0 aliphatic heterocycles. The summed E-state index contributed by atoms with van der Waals surface area (Å²) in [5.41, 5.74) is 3.36. The Bertz CT molecular complexity index is 917. The molecule has 0 unspecified atom stereocenters. The van der Waals surface area contributed by atoms with Crippen LogP contribution in [0.1, 0.15) is 28.9 Å². The van der Waals surface area contributed by atoms with E-state index in [-0.39, 0.29) is 11.7 Å². The first-order chi connectivity index (χ1) is 11.9. The highest BCUT2D eigenvalue weighted by molar-refractivity contribution is 7.16. The van der Waals surface area contributed by atoms with Crippen molar-refractivity contribution in [2.45, 2.75) is 19.6 Å². The van der Waals surface area contributed by atoms with E-state index in [1.807, 2.05) is 0 Å². The lowest BCUT2D eigenvalue weighted by molar-refractivity contribution is -0.0506. The van der Waals surface area contributed by atoms with E-state index in [9.17, 15) is 13.6 Å². The highest BCUT2D eigenvalue weighted by Gasteiger charge is 2.18. The monoisotopic (exact) mass is 382 g/mol. The number of carbonyl (C=O) groups is 1. The molecule has 0 aliphatic rings. The third kappa shape index (κ3) is 4.05. The maximum Gasteiger partial charge on any atom is 0.387 e. The van der Waals surface area contributed by atoms with Crippen LogP contribution in [0.3, 0.4) is 0 Å². The number of amides is 1. The van der Waals surface area contributed by atoms with Crippen molar-refractivity contribution in [3.63, 3.8) is 0 Å². The summed E-state index contributed by atoms with van der Waals surface area (Å²) in [6, 6.07) is 8.90. The lowest BCUT2D eigenvalue weighted by Gasteiger charge is -2.18. The predicted octanol–water partition coefficient (Wildman–Crippen LogP) is 5.04. The molecule has 4 nitrogen and oxygen atoms in total. The van der Waals surface area contributed by atoms with Crippen LogP contribution in [0.5, 0.6) is 5.75 Å². The van der Waals surface area contributed by atoms with Crippen LogP contribution in [0, 0.1) is 0 Å². The number of fused-ring (bicyclic) bond motifs is 1. The van der Waals surface area contributed by atoms with Gasteiger partial charge in [0.05, 0.1) is 21.8 Å². The smallest absolute Gasteiger partial charge is 0.387 e. The van der Waals surface area contributed by atoms with E-state index < -0.39 is 12.7 Å². The SMILES string of the molecule is C[C@@H](NC(=O)c1ccc2ncsc2c1)c1cc(Cl)ccc1OC(F)F. The second-order valence-electron chi connectivity index (χ2n) is 5.29. The molecule has 3 aromatic rings. The Balaban J connectivity index is 1.82. The van der Waals surface area contributed by atoms with Gasteiger partial charge in [0, 0.05) is 16.1 Å². The fourth-order valence-electron chi connectivity index (χ4n) is 2.42. The maximum absolute atomic E-state index is 12.6. The predicted molar refractivity (Wildman–Crippen MR) is 93.6 cm³/mol. The summed E-state index contributed by atoms with van der Waals surface area (Å²) in [7, 11) is 0. The Morgan fingerprint density at radius 3 is 2.84 bits per heavy atom. The number of thiazole rings is 1. The highest BCUT2D eigenvalue weighted by atomic mass is 35.5. The summed E-state index contributed by atoms with van der Waals surface area (Å²) < 4.78 is 30.5. The molecule has 1 N–H and O–H groups in total. The molecule has 1 aromatic heterocycles. The fraction of sp³-hybridized carbons (Fsp3) is 0.176. The minimum Gasteiger partial charge on any atom is -0.434 e. The van der Waals surface area contributed by atoms with Crippen LogP contribution >= 0.6 is 22.9 Å². The van der Waals surface area contributed by atoms with Gasteiger partial charge in [-0.3, -0.25) is 4.79 Å². The number of hydrogen-bond donors (Lipinski definition) is 1. The molecule has 1 amide bonds. The summed E-state index contributed by atoms with van der Waals surface area (Å²) in [5.74, 6) is -0.351. The Morgan fingerprint density at radius 1 is 1.28 bits per heavy atom. The van der Waals surface area contributed by atoms with Crippen LogP contribution < -0.4 is 10.1 Å². The minimum absolute atomic E-state index is 0.0230. The number of halogens is 3. The Labute approximate surface area is 151 Å². The molecule has 0 saturated carbocycles. The van der Waals surface area contributed by atoms with Crippen molar-refractivity contribution in [3.05, 3.63) is 58.1 Å². The van der Waals surface area contributed by atoms with Gasteiger partial charge in [0.1, 0.15) is 5.75 Å². The molecule has 1 heterocycles. The topological polar surface area (TPSA) is 51.2 Å². The zero-order valence-corrected chi connectivity index (χ0v) is 14.6. The van der Waals surface area contributed by atoms with Crippen molar-refractivity contribution in [2.75, 3.05) is 0 Å². The lowest BCUT2D eigenvalue weighted by Crippen LogP contribution is -2.27. The van der Waals surface area contributed by atoms with Gasteiger partial charge in [0.25, 0.3) is 5.91 Å². The fourth-order valence-corrected chi connectivity index (χ4v) is 3.31. The zero-order valence-electron chi connectivity index (χ0n) is 13.0. The molecule has 0 spiro atoms. The standard InChI is InChI=1S/C17H13ClF2N2O2S/c1-9(12-7-11(18)3-5-14(12)24-17(19)20)22-16(23)10-2-4-13-15(6-10)25-8-21-13/h2-9,17H,1H3,(H,22,23)/t9-/m1/s1. The van der Waals surface area contributed by atoms with Gasteiger partial charge in [-0.2, -0.15) is 8.78 Å². The molecule has 130 valence electrons. The van der Waals surface area contributed by atoms with Crippen LogP contribution in [-0.4, -0.2) is 17.5 Å². The molecule has 0 saturated heterocycles. The van der Waals surface area contributed by atoms with Gasteiger partial charge in [0.2, 0.25) is 0 Å². The van der Waals surface area contributed by atoms with Gasteiger partial charge >= 0.3 is 6.61 Å². The molecule has 1 atom stereocenters. The zero-order chi connectivity index (χ0) is 18.0. The number of ether oxygens (including phenoxy) is 1. The maximum atomic E-state index is 12.6. The summed E-state index contributed by atoms with van der Waals surface area (Å²) >= 11 is 7.38. The van der Waals surface area contributed by atoms with Crippen molar-refractivity contribution in [3.8, 4) is 5.75 Å². The molecule has 0 fully saturated rings. The summed E-state index contributed by atoms with van der Waals surface area (Å²) in [6.45, 7) is -1.29. The van der Waals surface area contributed by atoms with Crippen molar-refractivity contribution in [1.82, 2.24) is 10.3 Å². The van der Waals surface area contributed by atoms with E-state index >= 15 is 0 Å². The molecular weight excluding hydrogens is 370 g/mol. The number of hydrogen-bond acceptors (Lipinski definition) is 4. The number of nitrogens with zero attached hydrogens (tertiary/aromatic N) is 1. The van der Waals surface area contributed by atoms with Crippen molar-refractivity contribution in [1.29, 1.82) is 0 Å². The van der Waals surface area contributed by atoms with Crippen LogP contribution in [0.25, 0.3) is 10.2 Å². The van der Waals surface area contributed by atoms with E-state index in [2.05, 4.69) is 15.0 Å². The highest BCUT2D eigenvalue weighted by Crippen LogP contribution is 2.30. The minimum atomic E-state index is -2.96. The van der Waals surface area contributed by atoms with Gasteiger partial charge in [-0.1, -0.05) is 11.6 Å². The van der Waals surface area contributed by atoms with Gasteiger partial charge in [-0.25, -0.2) is 4.98 Å². The normalized spacial score (nSPS) is 12.4. The van der Waals surface area contributed by atoms with Gasteiger partial charge in [-0.15, -0.1) is 11.3 Å². The first kappa shape index (κ1) is 17.6. The number of alkyl halides is 2. The Morgan fingerprint density at radius 2 is 2.08 bits per heavy atom. The first-order valence-electron chi connectivity index (χ1n) is 7.32. The number of carbonyl (C=O) groups excluding carboxylic acids is 1. The van der Waals surface area contributed by atoms with Gasteiger partial charge in [-0.05, 0) is 43.3 Å². The second kappa shape index (κ2) is 7.33. The van der Waals surface area contributed by atoms with Crippen molar-refractivity contribution >= 4 is 39.1 Å². The van der Waals surface area contributed by atoms with Gasteiger partial charge in [0.15, 0.2) is 0 Å². The van der Waals surface area contributed by atoms with E-state index in [1.54, 1.807) is 30.6 Å². The number of aromatic nitrogens is 1. The van der Waals surface area contributed by atoms with Crippen LogP contribution in [0.2, 0.25) is 5.02 Å². The quantitative estimate of drug-likeness (QED) is 0.672. The number of rotatable bonds is 5. The van der Waals surface area contributed by atoms with E-state index in [0.29, 0.717) is 16.1 Å². The Hall–Kier alpha value is -2.25. The van der Waals surface area contributed by atoms with Crippen molar-refractivity contribution in [2.24, 2.45) is 0 Å². The van der Waals surface area contributed by atoms with Crippen LogP contribution in [0.4, 0.5) is 8.78 Å². The van der Waals surface area contributed by atoms with Crippen LogP contribution in [0.15, 0.2) is 41.9 Å². The molecule has 0 bridgehead atoms. The van der Waals surface area contributed by atoms with E-state index in [1.165, 1.54) is 29.5 Å². The van der Waals surface area contributed by atoms with Gasteiger partial charge < -0.3 is 10.1 Å². The average molecular weight is 383 g/mol.